The average molecular weight is 423 g/mol. The Balaban J connectivity index is 3.27. The molecule has 1 aliphatic heterocycles. The van der Waals surface area contributed by atoms with Gasteiger partial charge in [-0.15, -0.1) is 18.2 Å². The Morgan fingerprint density at radius 2 is 1.57 bits per heavy atom. The fourth-order valence-electron chi connectivity index (χ4n) is 2.48. The highest BCUT2D eigenvalue weighted by Gasteiger charge is 2.52. The Morgan fingerprint density at radius 1 is 0.964 bits per heavy atom. The lowest BCUT2D eigenvalue weighted by Gasteiger charge is -2.44. The number of carbonyl (C=O) groups excluding carboxylic acids is 4. The molecule has 0 bridgehead atoms. The number of hydrogen-bond acceptors (Lipinski definition) is 10. The van der Waals surface area contributed by atoms with Crippen LogP contribution in [0.15, 0.2) is 12.7 Å². The summed E-state index contributed by atoms with van der Waals surface area (Å²) < 4.78 is 31.8. The molecule has 0 radical (unpaired) electrons. The molecule has 158 valence electrons. The van der Waals surface area contributed by atoms with E-state index in [-0.39, 0.29) is 13.2 Å². The molecule has 0 aliphatic carbocycles. The maximum atomic E-state index is 11.8. The van der Waals surface area contributed by atoms with E-state index in [1.807, 2.05) is 0 Å². The highest BCUT2D eigenvalue weighted by molar-refractivity contribution is 6.26. The Kier molecular flexibility index (Phi) is 9.91. The number of carbonyl (C=O) groups is 4. The van der Waals surface area contributed by atoms with Gasteiger partial charge in [-0.1, -0.05) is 6.08 Å². The number of esters is 4. The van der Waals surface area contributed by atoms with Crippen molar-refractivity contribution in [2.75, 3.05) is 19.1 Å². The quantitative estimate of drug-likeness (QED) is 0.224. The van der Waals surface area contributed by atoms with Crippen LogP contribution in [0, 0.1) is 0 Å². The van der Waals surface area contributed by atoms with E-state index in [2.05, 4.69) is 6.58 Å². The third-order valence-electron chi connectivity index (χ3n) is 3.40. The molecular formula is C17H23ClO10. The van der Waals surface area contributed by atoms with Gasteiger partial charge < -0.3 is 28.4 Å². The van der Waals surface area contributed by atoms with Crippen LogP contribution < -0.4 is 0 Å². The topological polar surface area (TPSA) is 124 Å². The van der Waals surface area contributed by atoms with Crippen molar-refractivity contribution in [1.29, 1.82) is 0 Å². The molecule has 1 saturated heterocycles. The first-order valence-electron chi connectivity index (χ1n) is 8.30. The Bertz CT molecular complexity index is 592. The van der Waals surface area contributed by atoms with Gasteiger partial charge in [0.25, 0.3) is 0 Å². The molecule has 11 heteroatoms. The Morgan fingerprint density at radius 3 is 2.07 bits per heavy atom. The highest BCUT2D eigenvalue weighted by atomic mass is 35.5. The van der Waals surface area contributed by atoms with Crippen LogP contribution >= 0.6 is 11.6 Å². The van der Waals surface area contributed by atoms with Gasteiger partial charge in [-0.25, -0.2) is 0 Å². The highest BCUT2D eigenvalue weighted by Crippen LogP contribution is 2.30. The molecule has 0 saturated carbocycles. The molecule has 5 atom stereocenters. The Hall–Kier alpha value is -2.17. The van der Waals surface area contributed by atoms with Crippen molar-refractivity contribution in [3.8, 4) is 0 Å². The van der Waals surface area contributed by atoms with E-state index in [1.165, 1.54) is 13.0 Å². The van der Waals surface area contributed by atoms with Crippen molar-refractivity contribution in [2.45, 2.75) is 51.5 Å². The minimum absolute atomic E-state index is 0.00486. The van der Waals surface area contributed by atoms with Gasteiger partial charge in [0, 0.05) is 20.8 Å². The van der Waals surface area contributed by atoms with Crippen molar-refractivity contribution in [2.24, 2.45) is 0 Å². The molecule has 0 amide bonds. The predicted octanol–water partition coefficient (Wildman–Crippen LogP) is 0.491. The molecule has 0 aromatic rings. The lowest BCUT2D eigenvalue weighted by Crippen LogP contribution is -2.63. The summed E-state index contributed by atoms with van der Waals surface area (Å²) in [7, 11) is 0. The molecule has 1 heterocycles. The van der Waals surface area contributed by atoms with Crippen LogP contribution in [0.5, 0.6) is 0 Å². The van der Waals surface area contributed by atoms with Crippen LogP contribution in [0.4, 0.5) is 0 Å². The molecular weight excluding hydrogens is 400 g/mol. The average Bonchev–Trinajstić information content (AvgIpc) is 2.61. The van der Waals surface area contributed by atoms with Crippen LogP contribution in [0.1, 0.15) is 20.8 Å². The zero-order valence-electron chi connectivity index (χ0n) is 15.8. The largest absolute Gasteiger partial charge is 0.463 e. The normalized spacial score (nSPS) is 26.6. The van der Waals surface area contributed by atoms with E-state index in [0.29, 0.717) is 0 Å². The summed E-state index contributed by atoms with van der Waals surface area (Å²) in [6.45, 7) is 6.64. The lowest BCUT2D eigenvalue weighted by atomic mass is 9.98. The maximum Gasteiger partial charge on any atom is 0.321 e. The summed E-state index contributed by atoms with van der Waals surface area (Å²) in [5.74, 6) is -3.36. The summed E-state index contributed by atoms with van der Waals surface area (Å²) in [5, 5.41) is 0. The number of alkyl halides is 1. The van der Waals surface area contributed by atoms with E-state index in [1.54, 1.807) is 0 Å². The van der Waals surface area contributed by atoms with Crippen molar-refractivity contribution >= 4 is 35.5 Å². The van der Waals surface area contributed by atoms with E-state index in [9.17, 15) is 19.2 Å². The second-order valence-corrected chi connectivity index (χ2v) is 5.97. The predicted molar refractivity (Wildman–Crippen MR) is 93.2 cm³/mol. The third kappa shape index (κ3) is 7.45. The first-order valence-corrected chi connectivity index (χ1v) is 8.84. The number of hydrogen-bond donors (Lipinski definition) is 0. The van der Waals surface area contributed by atoms with Crippen LogP contribution in [0.2, 0.25) is 0 Å². The number of ether oxygens (including phenoxy) is 6. The summed E-state index contributed by atoms with van der Waals surface area (Å²) >= 11 is 5.49. The lowest BCUT2D eigenvalue weighted by molar-refractivity contribution is -0.305. The molecule has 0 N–H and O–H groups in total. The summed E-state index contributed by atoms with van der Waals surface area (Å²) in [6, 6.07) is 0. The molecule has 0 aromatic heterocycles. The standard InChI is InChI=1S/C17H23ClO10/c1-5-6-23-17-16(28-13(22)7-18)15(26-11(4)21)14(25-10(3)20)12(27-17)8-24-9(2)19/h5,12,14-17H,1,6-8H2,2-4H3/t12-,14+,15+,16-,17-/m1/s1. The van der Waals surface area contributed by atoms with Gasteiger partial charge in [0.1, 0.15) is 18.6 Å². The second-order valence-electron chi connectivity index (χ2n) is 5.70. The first kappa shape index (κ1) is 23.9. The van der Waals surface area contributed by atoms with Gasteiger partial charge in [-0.3, -0.25) is 19.2 Å². The molecule has 0 spiro atoms. The smallest absolute Gasteiger partial charge is 0.321 e. The zero-order valence-corrected chi connectivity index (χ0v) is 16.5. The first-order chi connectivity index (χ1) is 13.2. The fourth-order valence-corrected chi connectivity index (χ4v) is 2.54. The van der Waals surface area contributed by atoms with Crippen molar-refractivity contribution < 1.29 is 47.6 Å². The summed E-state index contributed by atoms with van der Waals surface area (Å²) in [6.07, 6.45) is -4.70. The Labute approximate surface area is 167 Å². The minimum atomic E-state index is -1.30. The summed E-state index contributed by atoms with van der Waals surface area (Å²) in [5.41, 5.74) is 0. The number of rotatable bonds is 9. The minimum Gasteiger partial charge on any atom is -0.463 e. The molecule has 0 unspecified atom stereocenters. The monoisotopic (exact) mass is 422 g/mol. The van der Waals surface area contributed by atoms with Gasteiger partial charge >= 0.3 is 23.9 Å². The molecule has 1 rings (SSSR count). The molecule has 0 aromatic carbocycles. The second kappa shape index (κ2) is 11.6. The van der Waals surface area contributed by atoms with E-state index < -0.39 is 60.5 Å². The van der Waals surface area contributed by atoms with Crippen LogP contribution in [-0.4, -0.2) is 73.7 Å². The van der Waals surface area contributed by atoms with Crippen molar-refractivity contribution in [3.63, 3.8) is 0 Å². The molecule has 1 aliphatic rings. The van der Waals surface area contributed by atoms with Gasteiger partial charge in [0.2, 0.25) is 0 Å². The fraction of sp³-hybridized carbons (Fsp3) is 0.647. The van der Waals surface area contributed by atoms with Crippen molar-refractivity contribution in [1.82, 2.24) is 0 Å². The van der Waals surface area contributed by atoms with Crippen LogP contribution in [0.25, 0.3) is 0 Å². The van der Waals surface area contributed by atoms with E-state index in [0.717, 1.165) is 13.8 Å². The van der Waals surface area contributed by atoms with E-state index in [4.69, 9.17) is 40.0 Å². The van der Waals surface area contributed by atoms with Gasteiger partial charge in [0.15, 0.2) is 24.6 Å². The molecule has 10 nitrogen and oxygen atoms in total. The summed E-state index contributed by atoms with van der Waals surface area (Å²) in [4.78, 5) is 46.1. The molecule has 28 heavy (non-hydrogen) atoms. The van der Waals surface area contributed by atoms with Crippen LogP contribution in [0.3, 0.4) is 0 Å². The number of halogens is 1. The van der Waals surface area contributed by atoms with Gasteiger partial charge in [-0.05, 0) is 0 Å². The third-order valence-corrected chi connectivity index (χ3v) is 3.62. The zero-order chi connectivity index (χ0) is 21.3. The van der Waals surface area contributed by atoms with Crippen molar-refractivity contribution in [3.05, 3.63) is 12.7 Å². The van der Waals surface area contributed by atoms with Crippen LogP contribution in [-0.2, 0) is 47.6 Å². The maximum absolute atomic E-state index is 11.8. The van der Waals surface area contributed by atoms with Gasteiger partial charge in [-0.2, -0.15) is 0 Å². The molecule has 1 fully saturated rings. The van der Waals surface area contributed by atoms with Gasteiger partial charge in [0.05, 0.1) is 6.61 Å². The van der Waals surface area contributed by atoms with E-state index >= 15 is 0 Å². The SMILES string of the molecule is C=CCO[C@@H]1O[C@H](COC(C)=O)[C@H](OC(C)=O)[C@H](OC(C)=O)[C@H]1OC(=O)CCl.